The van der Waals surface area contributed by atoms with Crippen LogP contribution in [-0.2, 0) is 4.79 Å². The van der Waals surface area contributed by atoms with Gasteiger partial charge in [0.25, 0.3) is 11.8 Å². The molecule has 27 heavy (non-hydrogen) atoms. The second-order valence-corrected chi connectivity index (χ2v) is 7.26. The summed E-state index contributed by atoms with van der Waals surface area (Å²) in [5.41, 5.74) is 6.02. The summed E-state index contributed by atoms with van der Waals surface area (Å²) in [6.07, 6.45) is 0. The van der Waals surface area contributed by atoms with E-state index in [9.17, 15) is 9.59 Å². The van der Waals surface area contributed by atoms with Gasteiger partial charge in [-0.25, -0.2) is 0 Å². The summed E-state index contributed by atoms with van der Waals surface area (Å²) < 4.78 is 11.8. The number of halogens is 1. The Bertz CT molecular complexity index is 808. The molecule has 0 saturated heterocycles. The van der Waals surface area contributed by atoms with Gasteiger partial charge < -0.3 is 9.47 Å². The van der Waals surface area contributed by atoms with E-state index < -0.39 is 11.8 Å². The summed E-state index contributed by atoms with van der Waals surface area (Å²) >= 11 is 3.39. The minimum Gasteiger partial charge on any atom is -0.492 e. The highest BCUT2D eigenvalue weighted by atomic mass is 79.9. The van der Waals surface area contributed by atoms with E-state index in [-0.39, 0.29) is 6.61 Å². The van der Waals surface area contributed by atoms with Gasteiger partial charge in [0.1, 0.15) is 11.5 Å². The monoisotopic (exact) mass is 434 g/mol. The van der Waals surface area contributed by atoms with Gasteiger partial charge in [-0.2, -0.15) is 0 Å². The first-order valence-corrected chi connectivity index (χ1v) is 9.36. The van der Waals surface area contributed by atoms with E-state index in [4.69, 9.17) is 9.47 Å². The maximum absolute atomic E-state index is 12.2. The van der Waals surface area contributed by atoms with Crippen molar-refractivity contribution in [1.29, 1.82) is 0 Å². The standard InChI is InChI=1S/C20H23BrN2O4/c1-13(2)11-26-18-9-8-15(10-16(18)21)20(25)23-22-19(24)12-27-17-7-5-4-6-14(17)3/h4-10,13H,11-12H2,1-3H3,(H,22,24)(H,23,25). The molecule has 7 heteroatoms. The quantitative estimate of drug-likeness (QED) is 0.652. The molecule has 0 spiro atoms. The fraction of sp³-hybridized carbons (Fsp3) is 0.300. The Morgan fingerprint density at radius 2 is 1.78 bits per heavy atom. The molecule has 0 heterocycles. The van der Waals surface area contributed by atoms with Crippen LogP contribution in [0.25, 0.3) is 0 Å². The predicted octanol–water partition coefficient (Wildman–Crippen LogP) is 3.63. The summed E-state index contributed by atoms with van der Waals surface area (Å²) in [6, 6.07) is 12.4. The summed E-state index contributed by atoms with van der Waals surface area (Å²) in [4.78, 5) is 24.0. The molecule has 6 nitrogen and oxygen atoms in total. The van der Waals surface area contributed by atoms with Crippen LogP contribution in [0.3, 0.4) is 0 Å². The first kappa shape index (κ1) is 20.8. The Kier molecular flexibility index (Phi) is 7.67. The molecule has 2 rings (SSSR count). The molecular formula is C20H23BrN2O4. The zero-order valence-corrected chi connectivity index (χ0v) is 17.1. The van der Waals surface area contributed by atoms with Crippen LogP contribution >= 0.6 is 15.9 Å². The van der Waals surface area contributed by atoms with Crippen LogP contribution in [0.5, 0.6) is 11.5 Å². The van der Waals surface area contributed by atoms with E-state index in [1.54, 1.807) is 24.3 Å². The van der Waals surface area contributed by atoms with Crippen LogP contribution in [0.1, 0.15) is 29.8 Å². The molecule has 0 aliphatic carbocycles. The van der Waals surface area contributed by atoms with Crippen LogP contribution in [-0.4, -0.2) is 25.0 Å². The van der Waals surface area contributed by atoms with Crippen molar-refractivity contribution in [2.75, 3.05) is 13.2 Å². The maximum Gasteiger partial charge on any atom is 0.276 e. The molecule has 0 aromatic heterocycles. The van der Waals surface area contributed by atoms with E-state index in [1.807, 2.05) is 25.1 Å². The van der Waals surface area contributed by atoms with Gasteiger partial charge in [0.05, 0.1) is 11.1 Å². The lowest BCUT2D eigenvalue weighted by Gasteiger charge is -2.12. The normalized spacial score (nSPS) is 10.4. The van der Waals surface area contributed by atoms with Crippen LogP contribution < -0.4 is 20.3 Å². The SMILES string of the molecule is Cc1ccccc1OCC(=O)NNC(=O)c1ccc(OCC(C)C)c(Br)c1. The van der Waals surface area contributed by atoms with Crippen LogP contribution in [0.2, 0.25) is 0 Å². The first-order valence-electron chi connectivity index (χ1n) is 8.56. The number of hydrogen-bond donors (Lipinski definition) is 2. The van der Waals surface area contributed by atoms with Crippen molar-refractivity contribution >= 4 is 27.7 Å². The minimum atomic E-state index is -0.456. The number of carbonyl (C=O) groups is 2. The molecule has 144 valence electrons. The second kappa shape index (κ2) is 9.97. The van der Waals surface area contributed by atoms with Gasteiger partial charge in [-0.15, -0.1) is 0 Å². The fourth-order valence-corrected chi connectivity index (χ4v) is 2.61. The second-order valence-electron chi connectivity index (χ2n) is 6.41. The van der Waals surface area contributed by atoms with Gasteiger partial charge in [0.15, 0.2) is 6.61 Å². The molecule has 2 amide bonds. The average molecular weight is 435 g/mol. The number of ether oxygens (including phenoxy) is 2. The molecule has 2 N–H and O–H groups in total. The lowest BCUT2D eigenvalue weighted by molar-refractivity contribution is -0.123. The number of para-hydroxylation sites is 1. The number of hydrazine groups is 1. The molecule has 0 radical (unpaired) electrons. The Morgan fingerprint density at radius 1 is 1.04 bits per heavy atom. The lowest BCUT2D eigenvalue weighted by atomic mass is 10.2. The van der Waals surface area contributed by atoms with Crippen molar-refractivity contribution in [3.05, 3.63) is 58.1 Å². The van der Waals surface area contributed by atoms with Crippen molar-refractivity contribution in [2.24, 2.45) is 5.92 Å². The minimum absolute atomic E-state index is 0.198. The van der Waals surface area contributed by atoms with Crippen molar-refractivity contribution < 1.29 is 19.1 Å². The molecule has 0 aliphatic rings. The summed E-state index contributed by atoms with van der Waals surface area (Å²) in [5, 5.41) is 0. The number of nitrogens with one attached hydrogen (secondary N) is 2. The topological polar surface area (TPSA) is 76.7 Å². The van der Waals surface area contributed by atoms with Crippen molar-refractivity contribution in [2.45, 2.75) is 20.8 Å². The molecule has 2 aromatic carbocycles. The Hall–Kier alpha value is -2.54. The van der Waals surface area contributed by atoms with E-state index >= 15 is 0 Å². The predicted molar refractivity (Wildman–Crippen MR) is 107 cm³/mol. The molecular weight excluding hydrogens is 412 g/mol. The van der Waals surface area contributed by atoms with Crippen molar-refractivity contribution in [3.8, 4) is 11.5 Å². The molecule has 0 bridgehead atoms. The zero-order valence-electron chi connectivity index (χ0n) is 15.5. The van der Waals surface area contributed by atoms with Crippen molar-refractivity contribution in [1.82, 2.24) is 10.9 Å². The van der Waals surface area contributed by atoms with E-state index in [2.05, 4.69) is 40.6 Å². The molecule has 0 saturated carbocycles. The number of carbonyl (C=O) groups excluding carboxylic acids is 2. The Morgan fingerprint density at radius 3 is 2.44 bits per heavy atom. The highest BCUT2D eigenvalue weighted by Crippen LogP contribution is 2.26. The van der Waals surface area contributed by atoms with Gasteiger partial charge in [-0.05, 0) is 58.6 Å². The largest absolute Gasteiger partial charge is 0.492 e. The third kappa shape index (κ3) is 6.60. The van der Waals surface area contributed by atoms with Gasteiger partial charge in [0.2, 0.25) is 0 Å². The first-order chi connectivity index (χ1) is 12.9. The number of benzene rings is 2. The number of rotatable bonds is 7. The highest BCUT2D eigenvalue weighted by molar-refractivity contribution is 9.10. The van der Waals surface area contributed by atoms with E-state index in [0.717, 1.165) is 5.56 Å². The fourth-order valence-electron chi connectivity index (χ4n) is 2.11. The van der Waals surface area contributed by atoms with Crippen LogP contribution in [0.4, 0.5) is 0 Å². The maximum atomic E-state index is 12.2. The number of hydrogen-bond acceptors (Lipinski definition) is 4. The van der Waals surface area contributed by atoms with Gasteiger partial charge >= 0.3 is 0 Å². The van der Waals surface area contributed by atoms with E-state index in [0.29, 0.717) is 34.1 Å². The van der Waals surface area contributed by atoms with Gasteiger partial charge in [0, 0.05) is 5.56 Å². The third-order valence-electron chi connectivity index (χ3n) is 3.53. The van der Waals surface area contributed by atoms with Gasteiger partial charge in [-0.1, -0.05) is 32.0 Å². The van der Waals surface area contributed by atoms with E-state index in [1.165, 1.54) is 0 Å². The zero-order chi connectivity index (χ0) is 19.8. The summed E-state index contributed by atoms with van der Waals surface area (Å²) in [6.45, 7) is 6.39. The van der Waals surface area contributed by atoms with Crippen LogP contribution in [0.15, 0.2) is 46.9 Å². The molecule has 2 aromatic rings. The third-order valence-corrected chi connectivity index (χ3v) is 4.15. The summed E-state index contributed by atoms with van der Waals surface area (Å²) in [7, 11) is 0. The molecule has 0 aliphatic heterocycles. The van der Waals surface area contributed by atoms with Crippen LogP contribution in [0, 0.1) is 12.8 Å². The lowest BCUT2D eigenvalue weighted by Crippen LogP contribution is -2.43. The number of amides is 2. The molecule has 0 unspecified atom stereocenters. The highest BCUT2D eigenvalue weighted by Gasteiger charge is 2.11. The Labute approximate surface area is 167 Å². The Balaban J connectivity index is 1.83. The molecule has 0 atom stereocenters. The average Bonchev–Trinajstić information content (AvgIpc) is 2.64. The van der Waals surface area contributed by atoms with Crippen molar-refractivity contribution in [3.63, 3.8) is 0 Å². The smallest absolute Gasteiger partial charge is 0.276 e. The molecule has 0 fully saturated rings. The van der Waals surface area contributed by atoms with Gasteiger partial charge in [-0.3, -0.25) is 20.4 Å². The summed E-state index contributed by atoms with van der Waals surface area (Å²) in [5.74, 6) is 0.797. The number of aryl methyl sites for hydroxylation is 1.